The normalized spacial score (nSPS) is 9.93. The first-order chi connectivity index (χ1) is 7.25. The van der Waals surface area contributed by atoms with Crippen LogP contribution in [0.4, 0.5) is 5.69 Å². The molecule has 3 nitrogen and oxygen atoms in total. The van der Waals surface area contributed by atoms with Crippen LogP contribution in [0.25, 0.3) is 0 Å². The second kappa shape index (κ2) is 4.31. The van der Waals surface area contributed by atoms with Crippen molar-refractivity contribution in [2.45, 2.75) is 0 Å². The van der Waals surface area contributed by atoms with Gasteiger partial charge in [-0.05, 0) is 46.3 Å². The molecule has 0 amide bonds. The Labute approximate surface area is 96.0 Å². The minimum atomic E-state index is 0.695. The van der Waals surface area contributed by atoms with E-state index in [4.69, 9.17) is 10.5 Å². The summed E-state index contributed by atoms with van der Waals surface area (Å²) >= 11 is 3.38. The van der Waals surface area contributed by atoms with Crippen molar-refractivity contribution in [2.75, 3.05) is 5.73 Å². The average molecular weight is 265 g/mol. The number of nitrogens with zero attached hydrogens (tertiary/aromatic N) is 1. The average Bonchev–Trinajstić information content (AvgIpc) is 2.24. The predicted octanol–water partition coefficient (Wildman–Crippen LogP) is 3.22. The summed E-state index contributed by atoms with van der Waals surface area (Å²) < 4.78 is 6.42. The van der Waals surface area contributed by atoms with Crippen LogP contribution in [0.5, 0.6) is 11.5 Å². The summed E-state index contributed by atoms with van der Waals surface area (Å²) in [4.78, 5) is 3.96. The van der Waals surface area contributed by atoms with E-state index in [9.17, 15) is 0 Å². The Morgan fingerprint density at radius 2 is 2.13 bits per heavy atom. The second-order valence-corrected chi connectivity index (χ2v) is 3.83. The Morgan fingerprint density at radius 1 is 1.27 bits per heavy atom. The molecule has 4 heteroatoms. The fraction of sp³-hybridized carbons (Fsp3) is 0. The molecule has 0 radical (unpaired) electrons. The van der Waals surface area contributed by atoms with Crippen molar-refractivity contribution in [2.24, 2.45) is 0 Å². The summed E-state index contributed by atoms with van der Waals surface area (Å²) in [5, 5.41) is 0. The van der Waals surface area contributed by atoms with Gasteiger partial charge in [-0.1, -0.05) is 0 Å². The van der Waals surface area contributed by atoms with Gasteiger partial charge in [0.15, 0.2) is 0 Å². The van der Waals surface area contributed by atoms with Crippen LogP contribution in [0.2, 0.25) is 0 Å². The van der Waals surface area contributed by atoms with Gasteiger partial charge in [-0.15, -0.1) is 0 Å². The van der Waals surface area contributed by atoms with E-state index in [1.54, 1.807) is 24.5 Å². The number of rotatable bonds is 2. The lowest BCUT2D eigenvalue weighted by molar-refractivity contribution is 0.477. The molecule has 0 bridgehead atoms. The summed E-state index contributed by atoms with van der Waals surface area (Å²) in [5.41, 5.74) is 6.32. The van der Waals surface area contributed by atoms with Crippen molar-refractivity contribution in [3.8, 4) is 11.5 Å². The van der Waals surface area contributed by atoms with Gasteiger partial charge in [0, 0.05) is 11.9 Å². The van der Waals surface area contributed by atoms with Gasteiger partial charge >= 0.3 is 0 Å². The summed E-state index contributed by atoms with van der Waals surface area (Å²) in [6, 6.07) is 9.06. The van der Waals surface area contributed by atoms with E-state index in [0.717, 1.165) is 10.2 Å². The molecular formula is C11H9BrN2O. The maximum atomic E-state index is 5.62. The van der Waals surface area contributed by atoms with Crippen LogP contribution in [0.1, 0.15) is 0 Å². The molecule has 0 unspecified atom stereocenters. The lowest BCUT2D eigenvalue weighted by Crippen LogP contribution is -1.88. The fourth-order valence-corrected chi connectivity index (χ4v) is 1.61. The van der Waals surface area contributed by atoms with Gasteiger partial charge in [0.1, 0.15) is 11.5 Å². The third-order valence-corrected chi connectivity index (χ3v) is 2.44. The van der Waals surface area contributed by atoms with Crippen molar-refractivity contribution in [1.82, 2.24) is 4.98 Å². The van der Waals surface area contributed by atoms with Crippen LogP contribution >= 0.6 is 15.9 Å². The lowest BCUT2D eigenvalue weighted by Gasteiger charge is -2.07. The maximum absolute atomic E-state index is 5.62. The van der Waals surface area contributed by atoms with Crippen LogP contribution in [0.15, 0.2) is 47.2 Å². The standard InChI is InChI=1S/C11H9BrN2O/c12-10-6-8(13)3-4-11(10)15-9-2-1-5-14-7-9/h1-7H,13H2. The highest BCUT2D eigenvalue weighted by atomic mass is 79.9. The highest BCUT2D eigenvalue weighted by molar-refractivity contribution is 9.10. The lowest BCUT2D eigenvalue weighted by atomic mass is 10.3. The molecule has 0 aliphatic carbocycles. The van der Waals surface area contributed by atoms with Crippen LogP contribution in [0, 0.1) is 0 Å². The Morgan fingerprint density at radius 3 is 2.80 bits per heavy atom. The molecule has 1 aromatic heterocycles. The molecule has 0 fully saturated rings. The van der Waals surface area contributed by atoms with E-state index in [1.807, 2.05) is 18.2 Å². The molecule has 0 saturated heterocycles. The molecule has 0 spiro atoms. The van der Waals surface area contributed by atoms with E-state index >= 15 is 0 Å². The zero-order valence-electron chi connectivity index (χ0n) is 7.85. The van der Waals surface area contributed by atoms with Gasteiger partial charge in [0.2, 0.25) is 0 Å². The molecule has 0 saturated carbocycles. The third kappa shape index (κ3) is 2.47. The van der Waals surface area contributed by atoms with Gasteiger partial charge in [-0.3, -0.25) is 4.98 Å². The van der Waals surface area contributed by atoms with E-state index in [1.165, 1.54) is 0 Å². The number of ether oxygens (including phenoxy) is 1. The molecule has 2 aromatic rings. The third-order valence-electron chi connectivity index (χ3n) is 1.82. The molecule has 0 aliphatic rings. The van der Waals surface area contributed by atoms with Crippen LogP contribution < -0.4 is 10.5 Å². The van der Waals surface area contributed by atoms with Gasteiger partial charge in [0.25, 0.3) is 0 Å². The summed E-state index contributed by atoms with van der Waals surface area (Å²) in [5.74, 6) is 1.42. The molecule has 2 N–H and O–H groups in total. The first-order valence-corrected chi connectivity index (χ1v) is 5.18. The quantitative estimate of drug-likeness (QED) is 0.848. The van der Waals surface area contributed by atoms with E-state index in [2.05, 4.69) is 20.9 Å². The zero-order valence-corrected chi connectivity index (χ0v) is 9.44. The number of anilines is 1. The Balaban J connectivity index is 2.25. The van der Waals surface area contributed by atoms with Gasteiger partial charge in [0.05, 0.1) is 10.7 Å². The Hall–Kier alpha value is -1.55. The molecule has 1 heterocycles. The molecule has 15 heavy (non-hydrogen) atoms. The first-order valence-electron chi connectivity index (χ1n) is 4.38. The maximum Gasteiger partial charge on any atom is 0.145 e. The van der Waals surface area contributed by atoms with Crippen LogP contribution in [-0.4, -0.2) is 4.98 Å². The van der Waals surface area contributed by atoms with Gasteiger partial charge in [-0.2, -0.15) is 0 Å². The summed E-state index contributed by atoms with van der Waals surface area (Å²) in [6.07, 6.45) is 3.35. The van der Waals surface area contributed by atoms with Gasteiger partial charge < -0.3 is 10.5 Å². The topological polar surface area (TPSA) is 48.1 Å². The number of hydrogen-bond acceptors (Lipinski definition) is 3. The van der Waals surface area contributed by atoms with Gasteiger partial charge in [-0.25, -0.2) is 0 Å². The number of aromatic nitrogens is 1. The Kier molecular flexibility index (Phi) is 2.87. The zero-order chi connectivity index (χ0) is 10.7. The molecular weight excluding hydrogens is 256 g/mol. The monoisotopic (exact) mass is 264 g/mol. The minimum Gasteiger partial charge on any atom is -0.455 e. The number of halogens is 1. The minimum absolute atomic E-state index is 0.695. The highest BCUT2D eigenvalue weighted by Crippen LogP contribution is 2.30. The summed E-state index contributed by atoms with van der Waals surface area (Å²) in [6.45, 7) is 0. The number of hydrogen-bond donors (Lipinski definition) is 1. The second-order valence-electron chi connectivity index (χ2n) is 2.98. The van der Waals surface area contributed by atoms with E-state index in [0.29, 0.717) is 11.4 Å². The van der Waals surface area contributed by atoms with Crippen molar-refractivity contribution < 1.29 is 4.74 Å². The van der Waals surface area contributed by atoms with E-state index < -0.39 is 0 Å². The number of benzene rings is 1. The van der Waals surface area contributed by atoms with Crippen molar-refractivity contribution in [3.63, 3.8) is 0 Å². The predicted molar refractivity (Wildman–Crippen MR) is 62.9 cm³/mol. The molecule has 2 rings (SSSR count). The van der Waals surface area contributed by atoms with Crippen LogP contribution in [0.3, 0.4) is 0 Å². The molecule has 0 atom stereocenters. The fourth-order valence-electron chi connectivity index (χ4n) is 1.13. The number of pyridine rings is 1. The van der Waals surface area contributed by atoms with Crippen molar-refractivity contribution in [1.29, 1.82) is 0 Å². The number of nitrogen functional groups attached to an aromatic ring is 1. The molecule has 0 aliphatic heterocycles. The smallest absolute Gasteiger partial charge is 0.145 e. The first kappa shape index (κ1) is 9.98. The van der Waals surface area contributed by atoms with E-state index in [-0.39, 0.29) is 0 Å². The summed E-state index contributed by atoms with van der Waals surface area (Å²) in [7, 11) is 0. The Bertz CT molecular complexity index is 459. The highest BCUT2D eigenvalue weighted by Gasteiger charge is 2.02. The SMILES string of the molecule is Nc1ccc(Oc2cccnc2)c(Br)c1. The molecule has 1 aromatic carbocycles. The number of nitrogens with two attached hydrogens (primary N) is 1. The van der Waals surface area contributed by atoms with Crippen molar-refractivity contribution in [3.05, 3.63) is 47.2 Å². The van der Waals surface area contributed by atoms with Crippen LogP contribution in [-0.2, 0) is 0 Å². The van der Waals surface area contributed by atoms with Crippen molar-refractivity contribution >= 4 is 21.6 Å². The molecule has 76 valence electrons. The largest absolute Gasteiger partial charge is 0.455 e.